The molecule has 0 amide bonds. The maximum Gasteiger partial charge on any atom is 0.0743 e. The standard InChI is InChI=1S/C13H17BrN4/c1-3-18-8-10(7-16-18)13(17-15)11-5-4-6-12(14)9(11)2/h4-8,13,17H,3,15H2,1-2H3. The highest BCUT2D eigenvalue weighted by Gasteiger charge is 2.17. The lowest BCUT2D eigenvalue weighted by Crippen LogP contribution is -2.29. The molecular formula is C13H17BrN4. The molecule has 0 saturated heterocycles. The number of aromatic nitrogens is 2. The molecule has 4 nitrogen and oxygen atoms in total. The Morgan fingerprint density at radius 2 is 2.28 bits per heavy atom. The maximum absolute atomic E-state index is 5.70. The Balaban J connectivity index is 2.41. The van der Waals surface area contributed by atoms with E-state index in [9.17, 15) is 0 Å². The van der Waals surface area contributed by atoms with Gasteiger partial charge in [0.25, 0.3) is 0 Å². The van der Waals surface area contributed by atoms with E-state index >= 15 is 0 Å². The third-order valence-electron chi connectivity index (χ3n) is 3.10. The first-order valence-corrected chi connectivity index (χ1v) is 6.70. The number of nitrogens with zero attached hydrogens (tertiary/aromatic N) is 2. The van der Waals surface area contributed by atoms with Gasteiger partial charge in [-0.25, -0.2) is 5.43 Å². The second kappa shape index (κ2) is 5.65. The second-order valence-corrected chi connectivity index (χ2v) is 5.04. The van der Waals surface area contributed by atoms with Crippen LogP contribution in [0.5, 0.6) is 0 Å². The van der Waals surface area contributed by atoms with Crippen LogP contribution in [0.15, 0.2) is 35.1 Å². The minimum Gasteiger partial charge on any atom is -0.273 e. The molecule has 0 aliphatic heterocycles. The minimum atomic E-state index is -0.0391. The topological polar surface area (TPSA) is 55.9 Å². The summed E-state index contributed by atoms with van der Waals surface area (Å²) in [5.74, 6) is 5.70. The first-order chi connectivity index (χ1) is 8.67. The molecule has 18 heavy (non-hydrogen) atoms. The van der Waals surface area contributed by atoms with E-state index in [1.165, 1.54) is 5.56 Å². The van der Waals surface area contributed by atoms with Crippen molar-refractivity contribution < 1.29 is 0 Å². The van der Waals surface area contributed by atoms with Crippen LogP contribution in [-0.4, -0.2) is 9.78 Å². The van der Waals surface area contributed by atoms with Gasteiger partial charge in [0.2, 0.25) is 0 Å². The van der Waals surface area contributed by atoms with Crippen LogP contribution in [0.25, 0.3) is 0 Å². The van der Waals surface area contributed by atoms with E-state index in [4.69, 9.17) is 5.84 Å². The highest BCUT2D eigenvalue weighted by molar-refractivity contribution is 9.10. The summed E-state index contributed by atoms with van der Waals surface area (Å²) in [6, 6.07) is 6.08. The summed E-state index contributed by atoms with van der Waals surface area (Å²) in [7, 11) is 0. The molecule has 1 aromatic heterocycles. The number of benzene rings is 1. The molecule has 0 radical (unpaired) electrons. The SMILES string of the molecule is CCn1cc(C(NN)c2cccc(Br)c2C)cn1. The van der Waals surface area contributed by atoms with Gasteiger partial charge in [0, 0.05) is 22.8 Å². The minimum absolute atomic E-state index is 0.0391. The number of hydrogen-bond acceptors (Lipinski definition) is 3. The quantitative estimate of drug-likeness (QED) is 0.674. The van der Waals surface area contributed by atoms with Gasteiger partial charge in [-0.1, -0.05) is 28.1 Å². The van der Waals surface area contributed by atoms with E-state index in [1.54, 1.807) is 0 Å². The smallest absolute Gasteiger partial charge is 0.0743 e. The van der Waals surface area contributed by atoms with E-state index in [0.717, 1.165) is 22.1 Å². The molecule has 3 N–H and O–H groups in total. The molecule has 5 heteroatoms. The number of rotatable bonds is 4. The Bertz CT molecular complexity index is 536. The van der Waals surface area contributed by atoms with Crippen molar-refractivity contribution in [1.29, 1.82) is 0 Å². The molecule has 1 unspecified atom stereocenters. The zero-order valence-electron chi connectivity index (χ0n) is 10.5. The van der Waals surface area contributed by atoms with E-state index in [2.05, 4.69) is 46.4 Å². The van der Waals surface area contributed by atoms with Crippen LogP contribution < -0.4 is 11.3 Å². The monoisotopic (exact) mass is 308 g/mol. The molecule has 96 valence electrons. The largest absolute Gasteiger partial charge is 0.273 e. The Labute approximate surface area is 115 Å². The molecule has 0 spiro atoms. The van der Waals surface area contributed by atoms with Gasteiger partial charge < -0.3 is 0 Å². The fourth-order valence-corrected chi connectivity index (χ4v) is 2.39. The van der Waals surface area contributed by atoms with Crippen LogP contribution in [0.1, 0.15) is 29.7 Å². The third kappa shape index (κ3) is 2.48. The van der Waals surface area contributed by atoms with Gasteiger partial charge in [-0.05, 0) is 31.0 Å². The van der Waals surface area contributed by atoms with Gasteiger partial charge in [0.1, 0.15) is 0 Å². The summed E-state index contributed by atoms with van der Waals surface area (Å²) >= 11 is 3.55. The van der Waals surface area contributed by atoms with E-state index < -0.39 is 0 Å². The maximum atomic E-state index is 5.70. The second-order valence-electron chi connectivity index (χ2n) is 4.18. The lowest BCUT2D eigenvalue weighted by Gasteiger charge is -2.17. The highest BCUT2D eigenvalue weighted by atomic mass is 79.9. The van der Waals surface area contributed by atoms with Crippen LogP contribution in [0.2, 0.25) is 0 Å². The van der Waals surface area contributed by atoms with Crippen LogP contribution in [0.3, 0.4) is 0 Å². The Morgan fingerprint density at radius 1 is 1.50 bits per heavy atom. The predicted octanol–water partition coefficient (Wildman–Crippen LogP) is 2.53. The van der Waals surface area contributed by atoms with Gasteiger partial charge in [-0.2, -0.15) is 5.10 Å². The molecule has 0 saturated carbocycles. The van der Waals surface area contributed by atoms with Crippen molar-refractivity contribution in [3.8, 4) is 0 Å². The van der Waals surface area contributed by atoms with E-state index in [1.807, 2.05) is 29.2 Å². The first-order valence-electron chi connectivity index (χ1n) is 5.90. The average molecular weight is 309 g/mol. The number of hydrazine groups is 1. The molecule has 1 aromatic carbocycles. The number of aryl methyl sites for hydroxylation is 1. The molecule has 0 aliphatic carbocycles. The molecule has 1 heterocycles. The summed E-state index contributed by atoms with van der Waals surface area (Å²) < 4.78 is 2.98. The van der Waals surface area contributed by atoms with Crippen LogP contribution >= 0.6 is 15.9 Å². The van der Waals surface area contributed by atoms with Crippen LogP contribution in [0, 0.1) is 6.92 Å². The van der Waals surface area contributed by atoms with Crippen molar-refractivity contribution in [2.75, 3.05) is 0 Å². The first kappa shape index (κ1) is 13.3. The summed E-state index contributed by atoms with van der Waals surface area (Å²) in [6.07, 6.45) is 3.87. The lowest BCUT2D eigenvalue weighted by atomic mass is 9.98. The summed E-state index contributed by atoms with van der Waals surface area (Å²) in [4.78, 5) is 0. The van der Waals surface area contributed by atoms with Gasteiger partial charge in [-0.15, -0.1) is 0 Å². The van der Waals surface area contributed by atoms with Gasteiger partial charge >= 0.3 is 0 Å². The molecule has 2 rings (SSSR count). The van der Waals surface area contributed by atoms with Crippen molar-refractivity contribution in [3.05, 3.63) is 51.8 Å². The number of hydrogen-bond donors (Lipinski definition) is 2. The average Bonchev–Trinajstić information content (AvgIpc) is 2.84. The van der Waals surface area contributed by atoms with Crippen molar-refractivity contribution in [2.45, 2.75) is 26.4 Å². The van der Waals surface area contributed by atoms with Crippen LogP contribution in [-0.2, 0) is 6.54 Å². The summed E-state index contributed by atoms with van der Waals surface area (Å²) in [5, 5.41) is 4.29. The fourth-order valence-electron chi connectivity index (χ4n) is 2.00. The predicted molar refractivity (Wildman–Crippen MR) is 75.9 cm³/mol. The summed E-state index contributed by atoms with van der Waals surface area (Å²) in [6.45, 7) is 4.99. The Morgan fingerprint density at radius 3 is 2.89 bits per heavy atom. The highest BCUT2D eigenvalue weighted by Crippen LogP contribution is 2.28. The molecule has 1 atom stereocenters. The molecule has 0 aliphatic rings. The van der Waals surface area contributed by atoms with Crippen molar-refractivity contribution in [2.24, 2.45) is 5.84 Å². The molecule has 2 aromatic rings. The third-order valence-corrected chi connectivity index (χ3v) is 3.96. The number of nitrogens with two attached hydrogens (primary N) is 1. The Hall–Kier alpha value is -1.17. The zero-order valence-corrected chi connectivity index (χ0v) is 12.1. The zero-order chi connectivity index (χ0) is 13.1. The van der Waals surface area contributed by atoms with E-state index in [0.29, 0.717) is 0 Å². The summed E-state index contributed by atoms with van der Waals surface area (Å²) in [5.41, 5.74) is 6.28. The normalized spacial score (nSPS) is 12.7. The van der Waals surface area contributed by atoms with Crippen LogP contribution in [0.4, 0.5) is 0 Å². The lowest BCUT2D eigenvalue weighted by molar-refractivity contribution is 0.627. The number of nitrogens with one attached hydrogen (secondary N) is 1. The fraction of sp³-hybridized carbons (Fsp3) is 0.308. The van der Waals surface area contributed by atoms with Gasteiger partial charge in [0.05, 0.1) is 12.2 Å². The van der Waals surface area contributed by atoms with Gasteiger partial charge in [0.15, 0.2) is 0 Å². The van der Waals surface area contributed by atoms with Crippen molar-refractivity contribution in [1.82, 2.24) is 15.2 Å². The van der Waals surface area contributed by atoms with Crippen molar-refractivity contribution in [3.63, 3.8) is 0 Å². The molecule has 0 bridgehead atoms. The molecular weight excluding hydrogens is 292 g/mol. The van der Waals surface area contributed by atoms with Crippen molar-refractivity contribution >= 4 is 15.9 Å². The Kier molecular flexibility index (Phi) is 4.16. The van der Waals surface area contributed by atoms with Gasteiger partial charge in [-0.3, -0.25) is 10.5 Å². The van der Waals surface area contributed by atoms with E-state index in [-0.39, 0.29) is 6.04 Å². The molecule has 0 fully saturated rings. The number of halogens is 1.